The topological polar surface area (TPSA) is 98.5 Å². The van der Waals surface area contributed by atoms with Crippen LogP contribution in [0.4, 0.5) is 5.69 Å². The molecule has 0 saturated heterocycles. The number of anilines is 1. The normalized spacial score (nSPS) is 11.4. The van der Waals surface area contributed by atoms with Gasteiger partial charge in [-0.1, -0.05) is 24.3 Å². The number of hydrogen-bond donors (Lipinski definition) is 2. The van der Waals surface area contributed by atoms with Crippen LogP contribution in [0.2, 0.25) is 0 Å². The fraction of sp³-hybridized carbons (Fsp3) is 0.0625. The number of hydrogen-bond acceptors (Lipinski definition) is 4. The Labute approximate surface area is 134 Å². The Kier molecular flexibility index (Phi) is 5.15. The number of benzene rings is 2. The van der Waals surface area contributed by atoms with Gasteiger partial charge in [0.2, 0.25) is 15.9 Å². The van der Waals surface area contributed by atoms with Crippen LogP contribution in [0.25, 0.3) is 6.08 Å². The monoisotopic (exact) mass is 332 g/mol. The first kappa shape index (κ1) is 16.7. The van der Waals surface area contributed by atoms with Crippen molar-refractivity contribution in [3.63, 3.8) is 0 Å². The Hall–Kier alpha value is -2.64. The number of rotatable bonds is 5. The van der Waals surface area contributed by atoms with Crippen LogP contribution in [-0.4, -0.2) is 21.4 Å². The molecule has 0 heterocycles. The van der Waals surface area contributed by atoms with E-state index in [0.717, 1.165) is 5.56 Å². The molecule has 1 amide bonds. The minimum atomic E-state index is -3.81. The average Bonchev–Trinajstić information content (AvgIpc) is 2.52. The highest BCUT2D eigenvalue weighted by atomic mass is 32.2. The molecular formula is C16H16N2O4S. The smallest absolute Gasteiger partial charge is 0.248 e. The zero-order valence-corrected chi connectivity index (χ0v) is 13.2. The zero-order chi connectivity index (χ0) is 16.9. The molecule has 0 aliphatic carbocycles. The predicted molar refractivity (Wildman–Crippen MR) is 88.5 cm³/mol. The van der Waals surface area contributed by atoms with Crippen molar-refractivity contribution < 1.29 is 17.9 Å². The maximum atomic E-state index is 11.9. The molecule has 0 unspecified atom stereocenters. The first-order valence-corrected chi connectivity index (χ1v) is 8.20. The molecule has 0 fully saturated rings. The molecule has 0 radical (unpaired) electrons. The SMILES string of the molecule is COc1ccccc1/C=C/C(=O)Nc1cccc(S(N)(=O)=O)c1. The second-order valence-electron chi connectivity index (χ2n) is 4.64. The summed E-state index contributed by atoms with van der Waals surface area (Å²) in [7, 11) is -2.26. The van der Waals surface area contributed by atoms with Crippen molar-refractivity contribution in [2.24, 2.45) is 5.14 Å². The van der Waals surface area contributed by atoms with E-state index in [1.54, 1.807) is 25.3 Å². The minimum Gasteiger partial charge on any atom is -0.496 e. The van der Waals surface area contributed by atoms with Gasteiger partial charge in [-0.3, -0.25) is 4.79 Å². The van der Waals surface area contributed by atoms with Crippen LogP contribution in [0.15, 0.2) is 59.5 Å². The molecule has 0 aromatic heterocycles. The quantitative estimate of drug-likeness (QED) is 0.818. The Morgan fingerprint density at radius 3 is 2.61 bits per heavy atom. The van der Waals surface area contributed by atoms with Crippen molar-refractivity contribution in [1.82, 2.24) is 0 Å². The van der Waals surface area contributed by atoms with Crippen molar-refractivity contribution in [3.8, 4) is 5.75 Å². The lowest BCUT2D eigenvalue weighted by Gasteiger charge is -2.05. The van der Waals surface area contributed by atoms with E-state index < -0.39 is 15.9 Å². The third-order valence-electron chi connectivity index (χ3n) is 2.98. The fourth-order valence-electron chi connectivity index (χ4n) is 1.90. The van der Waals surface area contributed by atoms with Crippen LogP contribution in [0, 0.1) is 0 Å². The number of nitrogens with one attached hydrogen (secondary N) is 1. The fourth-order valence-corrected chi connectivity index (χ4v) is 2.46. The predicted octanol–water partition coefficient (Wildman–Crippen LogP) is 1.99. The van der Waals surface area contributed by atoms with Gasteiger partial charge in [0.1, 0.15) is 5.75 Å². The number of sulfonamides is 1. The summed E-state index contributed by atoms with van der Waals surface area (Å²) in [6, 6.07) is 13.0. The summed E-state index contributed by atoms with van der Waals surface area (Å²) in [6.45, 7) is 0. The number of carbonyl (C=O) groups excluding carboxylic acids is 1. The first-order valence-electron chi connectivity index (χ1n) is 6.65. The molecule has 6 nitrogen and oxygen atoms in total. The average molecular weight is 332 g/mol. The Morgan fingerprint density at radius 1 is 1.17 bits per heavy atom. The minimum absolute atomic E-state index is 0.0657. The lowest BCUT2D eigenvalue weighted by Crippen LogP contribution is -2.13. The number of ether oxygens (including phenoxy) is 1. The van der Waals surface area contributed by atoms with Crippen LogP contribution in [0.1, 0.15) is 5.56 Å². The van der Waals surface area contributed by atoms with E-state index >= 15 is 0 Å². The van der Waals surface area contributed by atoms with Gasteiger partial charge in [0.15, 0.2) is 0 Å². The van der Waals surface area contributed by atoms with Gasteiger partial charge in [0.25, 0.3) is 0 Å². The summed E-state index contributed by atoms with van der Waals surface area (Å²) in [5, 5.41) is 7.63. The standard InChI is InChI=1S/C16H16N2O4S/c1-22-15-8-3-2-5-12(15)9-10-16(19)18-13-6-4-7-14(11-13)23(17,20)21/h2-11H,1H3,(H,18,19)(H2,17,20,21)/b10-9+. The highest BCUT2D eigenvalue weighted by Crippen LogP contribution is 2.19. The van der Waals surface area contributed by atoms with Crippen molar-refractivity contribution >= 4 is 27.7 Å². The summed E-state index contributed by atoms with van der Waals surface area (Å²) < 4.78 is 27.8. The highest BCUT2D eigenvalue weighted by molar-refractivity contribution is 7.89. The van der Waals surface area contributed by atoms with Gasteiger partial charge in [-0.05, 0) is 30.3 Å². The number of para-hydroxylation sites is 1. The van der Waals surface area contributed by atoms with Crippen molar-refractivity contribution in [3.05, 3.63) is 60.2 Å². The van der Waals surface area contributed by atoms with Crippen LogP contribution < -0.4 is 15.2 Å². The van der Waals surface area contributed by atoms with E-state index in [9.17, 15) is 13.2 Å². The van der Waals surface area contributed by atoms with Gasteiger partial charge in [-0.2, -0.15) is 0 Å². The van der Waals surface area contributed by atoms with Gasteiger partial charge in [0.05, 0.1) is 12.0 Å². The molecule has 7 heteroatoms. The second-order valence-corrected chi connectivity index (χ2v) is 6.20. The van der Waals surface area contributed by atoms with Crippen molar-refractivity contribution in [2.45, 2.75) is 4.90 Å². The third kappa shape index (κ3) is 4.67. The molecular weight excluding hydrogens is 316 g/mol. The van der Waals surface area contributed by atoms with Crippen LogP contribution in [-0.2, 0) is 14.8 Å². The van der Waals surface area contributed by atoms with Gasteiger partial charge < -0.3 is 10.1 Å². The van der Waals surface area contributed by atoms with E-state index in [1.165, 1.54) is 24.3 Å². The molecule has 120 valence electrons. The largest absolute Gasteiger partial charge is 0.496 e. The van der Waals surface area contributed by atoms with E-state index in [0.29, 0.717) is 11.4 Å². The third-order valence-corrected chi connectivity index (χ3v) is 3.89. The van der Waals surface area contributed by atoms with E-state index in [-0.39, 0.29) is 4.90 Å². The summed E-state index contributed by atoms with van der Waals surface area (Å²) in [5.74, 6) is 0.246. The molecule has 2 aromatic carbocycles. The second kappa shape index (κ2) is 7.08. The summed E-state index contributed by atoms with van der Waals surface area (Å²) >= 11 is 0. The maximum absolute atomic E-state index is 11.9. The first-order chi connectivity index (χ1) is 10.9. The van der Waals surface area contributed by atoms with Gasteiger partial charge in [-0.25, -0.2) is 13.6 Å². The Bertz CT molecular complexity index is 845. The molecule has 3 N–H and O–H groups in total. The molecule has 2 rings (SSSR count). The van der Waals surface area contributed by atoms with E-state index in [1.807, 2.05) is 18.2 Å². The lowest BCUT2D eigenvalue weighted by molar-refractivity contribution is -0.111. The number of primary sulfonamides is 1. The maximum Gasteiger partial charge on any atom is 0.248 e. The molecule has 0 bridgehead atoms. The number of nitrogens with two attached hydrogens (primary N) is 1. The zero-order valence-electron chi connectivity index (χ0n) is 12.4. The molecule has 0 aliphatic rings. The number of carbonyl (C=O) groups is 1. The van der Waals surface area contributed by atoms with Crippen LogP contribution >= 0.6 is 0 Å². The Balaban J connectivity index is 2.12. The summed E-state index contributed by atoms with van der Waals surface area (Å²) in [5.41, 5.74) is 1.09. The van der Waals surface area contributed by atoms with Gasteiger partial charge >= 0.3 is 0 Å². The molecule has 0 saturated carbocycles. The lowest BCUT2D eigenvalue weighted by atomic mass is 10.2. The Morgan fingerprint density at radius 2 is 1.91 bits per heavy atom. The molecule has 2 aromatic rings. The summed E-state index contributed by atoms with van der Waals surface area (Å²) in [6.07, 6.45) is 2.94. The highest BCUT2D eigenvalue weighted by Gasteiger charge is 2.08. The summed E-state index contributed by atoms with van der Waals surface area (Å²) in [4.78, 5) is 11.9. The van der Waals surface area contributed by atoms with Crippen molar-refractivity contribution in [1.29, 1.82) is 0 Å². The number of methoxy groups -OCH3 is 1. The van der Waals surface area contributed by atoms with E-state index in [2.05, 4.69) is 5.32 Å². The van der Waals surface area contributed by atoms with Crippen molar-refractivity contribution in [2.75, 3.05) is 12.4 Å². The van der Waals surface area contributed by atoms with Gasteiger partial charge in [0, 0.05) is 17.3 Å². The molecule has 0 atom stereocenters. The van der Waals surface area contributed by atoms with Gasteiger partial charge in [-0.15, -0.1) is 0 Å². The van der Waals surface area contributed by atoms with E-state index in [4.69, 9.17) is 9.88 Å². The molecule has 0 aliphatic heterocycles. The van der Waals surface area contributed by atoms with Crippen LogP contribution in [0.5, 0.6) is 5.75 Å². The molecule has 23 heavy (non-hydrogen) atoms. The number of amides is 1. The van der Waals surface area contributed by atoms with Crippen LogP contribution in [0.3, 0.4) is 0 Å². The molecule has 0 spiro atoms.